The van der Waals surface area contributed by atoms with E-state index in [9.17, 15) is 9.59 Å². The number of hydrogen-bond acceptors (Lipinski definition) is 3. The highest BCUT2D eigenvalue weighted by Gasteiger charge is 2.78. The van der Waals surface area contributed by atoms with E-state index in [-0.39, 0.29) is 17.0 Å². The van der Waals surface area contributed by atoms with Gasteiger partial charge in [0.2, 0.25) is 0 Å². The van der Waals surface area contributed by atoms with E-state index in [1.807, 2.05) is 6.08 Å². The highest BCUT2D eigenvalue weighted by Crippen LogP contribution is 2.78. The van der Waals surface area contributed by atoms with Crippen LogP contribution in [0.1, 0.15) is 58.3 Å². The first-order valence-electron chi connectivity index (χ1n) is 10.7. The van der Waals surface area contributed by atoms with Gasteiger partial charge in [0, 0.05) is 23.8 Å². The van der Waals surface area contributed by atoms with Crippen molar-refractivity contribution in [3.8, 4) is 0 Å². The van der Waals surface area contributed by atoms with Crippen molar-refractivity contribution in [2.45, 2.75) is 63.9 Å². The van der Waals surface area contributed by atoms with Crippen molar-refractivity contribution < 1.29 is 14.3 Å². The summed E-state index contributed by atoms with van der Waals surface area (Å²) >= 11 is 0. The van der Waals surface area contributed by atoms with Gasteiger partial charge in [0.15, 0.2) is 5.78 Å². The predicted molar refractivity (Wildman–Crippen MR) is 97.0 cm³/mol. The van der Waals surface area contributed by atoms with Gasteiger partial charge < -0.3 is 4.74 Å². The Morgan fingerprint density at radius 2 is 2.00 bits per heavy atom. The van der Waals surface area contributed by atoms with Gasteiger partial charge in [-0.2, -0.15) is 0 Å². The summed E-state index contributed by atoms with van der Waals surface area (Å²) in [7, 11) is 0. The van der Waals surface area contributed by atoms with Crippen LogP contribution in [0.5, 0.6) is 0 Å². The molecule has 1 spiro atoms. The standard InChI is InChI=1S/C23H28O3/c1-2-22-9-7-16-15-6-4-14(24)11-13(15)3-5-17(16)21(22)18-12-19(18)23(22)10-8-20(25)26-23/h8,10-11,15-19,21H,2-7,9,12H2,1H3. The number of carbonyl (C=O) groups excluding carboxylic acids is 2. The molecule has 4 saturated carbocycles. The molecule has 0 aromatic heterocycles. The van der Waals surface area contributed by atoms with E-state index in [2.05, 4.69) is 13.0 Å². The quantitative estimate of drug-likeness (QED) is 0.664. The largest absolute Gasteiger partial charge is 0.451 e. The molecule has 6 aliphatic rings. The van der Waals surface area contributed by atoms with E-state index < -0.39 is 0 Å². The summed E-state index contributed by atoms with van der Waals surface area (Å²) in [6.45, 7) is 2.33. The average Bonchev–Trinajstić information content (AvgIpc) is 3.29. The van der Waals surface area contributed by atoms with Crippen molar-refractivity contribution in [1.82, 2.24) is 0 Å². The Hall–Kier alpha value is -1.38. The molecule has 1 aliphatic heterocycles. The number of esters is 1. The molecule has 0 aromatic rings. The third-order valence-electron chi connectivity index (χ3n) is 9.38. The van der Waals surface area contributed by atoms with E-state index in [0.29, 0.717) is 23.5 Å². The molecule has 8 atom stereocenters. The SMILES string of the molecule is CCC12CCC3C4CCC(=O)C=C4CCC3C1C1CC1C21C=CC(=O)O1. The molecule has 3 heteroatoms. The molecule has 3 nitrogen and oxygen atoms in total. The molecule has 8 unspecified atom stereocenters. The molecule has 0 bridgehead atoms. The van der Waals surface area contributed by atoms with Gasteiger partial charge >= 0.3 is 5.97 Å². The molecule has 0 N–H and O–H groups in total. The van der Waals surface area contributed by atoms with Crippen LogP contribution >= 0.6 is 0 Å². The Bertz CT molecular complexity index is 763. The summed E-state index contributed by atoms with van der Waals surface area (Å²) < 4.78 is 6.12. The van der Waals surface area contributed by atoms with Crippen LogP contribution in [0.15, 0.2) is 23.8 Å². The topological polar surface area (TPSA) is 43.4 Å². The molecule has 4 fully saturated rings. The van der Waals surface area contributed by atoms with Crippen LogP contribution in [0.25, 0.3) is 0 Å². The first-order chi connectivity index (χ1) is 12.6. The van der Waals surface area contributed by atoms with Crippen LogP contribution in [-0.2, 0) is 14.3 Å². The smallest absolute Gasteiger partial charge is 0.331 e. The monoisotopic (exact) mass is 352 g/mol. The number of hydrogen-bond donors (Lipinski definition) is 0. The Morgan fingerprint density at radius 3 is 2.77 bits per heavy atom. The first kappa shape index (κ1) is 15.7. The van der Waals surface area contributed by atoms with Crippen molar-refractivity contribution in [2.75, 3.05) is 0 Å². The number of rotatable bonds is 1. The predicted octanol–water partition coefficient (Wildman–Crippen LogP) is 4.23. The Labute approximate surface area is 155 Å². The maximum atomic E-state index is 12.1. The molecule has 138 valence electrons. The lowest BCUT2D eigenvalue weighted by Crippen LogP contribution is -2.56. The van der Waals surface area contributed by atoms with Crippen LogP contribution in [-0.4, -0.2) is 17.4 Å². The number of ketones is 1. The van der Waals surface area contributed by atoms with Gasteiger partial charge in [-0.15, -0.1) is 0 Å². The van der Waals surface area contributed by atoms with Crippen LogP contribution in [0.3, 0.4) is 0 Å². The molecular weight excluding hydrogens is 324 g/mol. The maximum absolute atomic E-state index is 12.1. The average molecular weight is 352 g/mol. The molecular formula is C23H28O3. The normalized spacial score (nSPS) is 53.5. The minimum Gasteiger partial charge on any atom is -0.451 e. The van der Waals surface area contributed by atoms with Gasteiger partial charge in [-0.25, -0.2) is 4.79 Å². The minimum absolute atomic E-state index is 0.120. The Kier molecular flexibility index (Phi) is 2.96. The van der Waals surface area contributed by atoms with Gasteiger partial charge in [-0.1, -0.05) is 12.5 Å². The van der Waals surface area contributed by atoms with Crippen molar-refractivity contribution in [3.05, 3.63) is 23.8 Å². The van der Waals surface area contributed by atoms with Crippen molar-refractivity contribution >= 4 is 11.8 Å². The third-order valence-corrected chi connectivity index (χ3v) is 9.38. The van der Waals surface area contributed by atoms with E-state index in [1.165, 1.54) is 31.3 Å². The van der Waals surface area contributed by atoms with Crippen LogP contribution in [0.2, 0.25) is 0 Å². The molecule has 5 aliphatic carbocycles. The first-order valence-corrected chi connectivity index (χ1v) is 10.7. The van der Waals surface area contributed by atoms with Crippen molar-refractivity contribution in [1.29, 1.82) is 0 Å². The summed E-state index contributed by atoms with van der Waals surface area (Å²) in [5.74, 6) is 4.44. The van der Waals surface area contributed by atoms with Gasteiger partial charge in [0.25, 0.3) is 0 Å². The second-order valence-corrected chi connectivity index (χ2v) is 9.82. The lowest BCUT2D eigenvalue weighted by atomic mass is 9.48. The van der Waals surface area contributed by atoms with Crippen LogP contribution in [0, 0.1) is 40.9 Å². The molecule has 1 heterocycles. The summed E-state index contributed by atoms with van der Waals surface area (Å²) in [5, 5.41) is 0. The zero-order valence-corrected chi connectivity index (χ0v) is 15.6. The number of ether oxygens (including phenoxy) is 1. The van der Waals surface area contributed by atoms with E-state index in [1.54, 1.807) is 6.08 Å². The summed E-state index contributed by atoms with van der Waals surface area (Å²) in [4.78, 5) is 23.9. The molecule has 0 amide bonds. The van der Waals surface area contributed by atoms with Crippen molar-refractivity contribution in [2.24, 2.45) is 40.9 Å². The number of allylic oxidation sites excluding steroid dienone is 1. The molecule has 26 heavy (non-hydrogen) atoms. The second-order valence-electron chi connectivity index (χ2n) is 9.82. The molecule has 0 aromatic carbocycles. The third kappa shape index (κ3) is 1.67. The fourth-order valence-electron chi connectivity index (χ4n) is 8.56. The zero-order valence-electron chi connectivity index (χ0n) is 15.6. The van der Waals surface area contributed by atoms with Gasteiger partial charge in [-0.3, -0.25) is 4.79 Å². The Morgan fingerprint density at radius 1 is 1.12 bits per heavy atom. The van der Waals surface area contributed by atoms with Gasteiger partial charge in [0.1, 0.15) is 5.60 Å². The fourth-order valence-corrected chi connectivity index (χ4v) is 8.56. The lowest BCUT2D eigenvalue weighted by Gasteiger charge is -2.58. The Balaban J connectivity index is 1.40. The maximum Gasteiger partial charge on any atom is 0.331 e. The zero-order chi connectivity index (χ0) is 17.7. The van der Waals surface area contributed by atoms with E-state index in [0.717, 1.165) is 43.4 Å². The highest BCUT2D eigenvalue weighted by atomic mass is 16.6. The van der Waals surface area contributed by atoms with E-state index >= 15 is 0 Å². The summed E-state index contributed by atoms with van der Waals surface area (Å²) in [6, 6.07) is 0. The van der Waals surface area contributed by atoms with Crippen molar-refractivity contribution in [3.63, 3.8) is 0 Å². The van der Waals surface area contributed by atoms with Crippen LogP contribution < -0.4 is 0 Å². The fraction of sp³-hybridized carbons (Fsp3) is 0.739. The number of fused-ring (bicyclic) bond motifs is 9. The van der Waals surface area contributed by atoms with Gasteiger partial charge in [-0.05, 0) is 86.7 Å². The van der Waals surface area contributed by atoms with Crippen LogP contribution in [0.4, 0.5) is 0 Å². The highest BCUT2D eigenvalue weighted by molar-refractivity contribution is 5.91. The summed E-state index contributed by atoms with van der Waals surface area (Å²) in [6.07, 6.45) is 14.9. The van der Waals surface area contributed by atoms with Gasteiger partial charge in [0.05, 0.1) is 0 Å². The summed E-state index contributed by atoms with van der Waals surface area (Å²) in [5.41, 5.74) is 1.33. The molecule has 0 saturated heterocycles. The molecule has 6 rings (SSSR count). The minimum atomic E-state index is -0.294. The number of carbonyl (C=O) groups is 2. The van der Waals surface area contributed by atoms with E-state index in [4.69, 9.17) is 4.74 Å². The second kappa shape index (κ2) is 4.91. The lowest BCUT2D eigenvalue weighted by molar-refractivity contribution is -0.171. The molecule has 0 radical (unpaired) electrons.